The van der Waals surface area contributed by atoms with E-state index < -0.39 is 35.6 Å². The Kier molecular flexibility index (Phi) is 11.5. The van der Waals surface area contributed by atoms with Gasteiger partial charge in [-0.2, -0.15) is 4.68 Å². The van der Waals surface area contributed by atoms with Crippen LogP contribution in [0.2, 0.25) is 5.02 Å². The number of amides is 2. The molecule has 15 heteroatoms. The van der Waals surface area contributed by atoms with E-state index in [0.717, 1.165) is 6.07 Å². The fourth-order valence-electron chi connectivity index (χ4n) is 4.14. The summed E-state index contributed by atoms with van der Waals surface area (Å²) >= 11 is 6.16. The number of carbonyl (C=O) groups is 3. The number of carbonyl (C=O) groups excluding carboxylic acids is 3. The molecule has 4 aromatic rings. The second-order valence-electron chi connectivity index (χ2n) is 9.52. The van der Waals surface area contributed by atoms with Gasteiger partial charge >= 0.3 is 12.1 Å². The molecule has 0 aliphatic heterocycles. The number of esters is 1. The van der Waals surface area contributed by atoms with E-state index in [4.69, 9.17) is 16.3 Å². The molecule has 0 saturated heterocycles. The maximum absolute atomic E-state index is 13.9. The maximum atomic E-state index is 13.9. The van der Waals surface area contributed by atoms with Crippen LogP contribution in [-0.2, 0) is 25.5 Å². The Morgan fingerprint density at radius 3 is 2.44 bits per heavy atom. The summed E-state index contributed by atoms with van der Waals surface area (Å²) in [4.78, 5) is 36.1. The van der Waals surface area contributed by atoms with Crippen LogP contribution in [0.15, 0.2) is 73.1 Å². The molecule has 1 unspecified atom stereocenters. The number of nitrogens with one attached hydrogen (secondary N) is 3. The van der Waals surface area contributed by atoms with Gasteiger partial charge in [-0.3, -0.25) is 14.9 Å². The van der Waals surface area contributed by atoms with E-state index >= 15 is 0 Å². The van der Waals surface area contributed by atoms with Crippen molar-refractivity contribution in [2.75, 3.05) is 30.9 Å². The van der Waals surface area contributed by atoms with Crippen molar-refractivity contribution < 1.29 is 32.6 Å². The second-order valence-corrected chi connectivity index (χ2v) is 9.96. The summed E-state index contributed by atoms with van der Waals surface area (Å²) in [5.41, 5.74) is 2.60. The highest BCUT2D eigenvalue weighted by molar-refractivity contribution is 6.30. The summed E-state index contributed by atoms with van der Waals surface area (Å²) in [5.74, 6) is -2.43. The normalized spacial score (nSPS) is 11.6. The van der Waals surface area contributed by atoms with Crippen LogP contribution in [0.4, 0.5) is 25.0 Å². The van der Waals surface area contributed by atoms with Gasteiger partial charge in [0.1, 0.15) is 24.6 Å². The van der Waals surface area contributed by atoms with Crippen LogP contribution in [0, 0.1) is 11.6 Å². The molecule has 0 radical (unpaired) electrons. The molecular formula is C30H28ClF2N7O5. The second kappa shape index (κ2) is 15.9. The number of aromatic nitrogens is 4. The van der Waals surface area contributed by atoms with Crippen LogP contribution in [-0.4, -0.2) is 64.5 Å². The summed E-state index contributed by atoms with van der Waals surface area (Å²) in [6, 6.07) is 14.2. The fourth-order valence-corrected chi connectivity index (χ4v) is 4.32. The lowest BCUT2D eigenvalue weighted by molar-refractivity contribution is -0.141. The minimum absolute atomic E-state index is 0.0646. The zero-order valence-corrected chi connectivity index (χ0v) is 24.6. The number of tetrazole rings is 1. The van der Waals surface area contributed by atoms with Gasteiger partial charge in [-0.1, -0.05) is 11.6 Å². The quantitative estimate of drug-likeness (QED) is 0.141. The van der Waals surface area contributed by atoms with E-state index in [2.05, 4.69) is 36.2 Å². The largest absolute Gasteiger partial charge is 0.469 e. The lowest BCUT2D eigenvalue weighted by Gasteiger charge is -2.20. The van der Waals surface area contributed by atoms with Crippen LogP contribution in [0.5, 0.6) is 0 Å². The van der Waals surface area contributed by atoms with Gasteiger partial charge in [0.25, 0.3) is 0 Å². The lowest BCUT2D eigenvalue weighted by atomic mass is 10.0. The van der Waals surface area contributed by atoms with Gasteiger partial charge in [0.2, 0.25) is 5.91 Å². The summed E-state index contributed by atoms with van der Waals surface area (Å²) < 4.78 is 38.6. The Morgan fingerprint density at radius 2 is 1.76 bits per heavy atom. The number of halogens is 3. The van der Waals surface area contributed by atoms with Gasteiger partial charge in [-0.15, -0.1) is 5.10 Å². The van der Waals surface area contributed by atoms with Crippen molar-refractivity contribution in [2.24, 2.45) is 0 Å². The molecule has 0 saturated carbocycles. The first-order valence-corrected chi connectivity index (χ1v) is 13.9. The van der Waals surface area contributed by atoms with E-state index in [1.165, 1.54) is 36.3 Å². The number of rotatable bonds is 13. The lowest BCUT2D eigenvalue weighted by Crippen LogP contribution is -2.40. The third kappa shape index (κ3) is 10.4. The number of hydrogen-bond donors (Lipinski definition) is 3. The molecule has 2 amide bonds. The Balaban J connectivity index is 1.41. The molecule has 45 heavy (non-hydrogen) atoms. The molecule has 1 atom stereocenters. The molecule has 0 spiro atoms. The zero-order valence-electron chi connectivity index (χ0n) is 23.9. The standard InChI is InChI=1S/C30H28ClF2N7O5/c1-44-29(42)10-11-45-30(43)37-25-6-4-24(5-7-25)34-17-26(14-19-12-22(32)16-23(33)13-19)36-28(41)9-2-20-15-21(31)3-8-27(20)40-18-35-38-39-40/h2-9,12-13,15-16,18,26,34H,10-11,14,17H2,1H3,(H,36,41)(H,37,43). The first-order valence-electron chi connectivity index (χ1n) is 13.5. The molecule has 4 rings (SSSR count). The molecule has 1 aromatic heterocycles. The summed E-state index contributed by atoms with van der Waals surface area (Å²) in [6.45, 7) is 0.0578. The first kappa shape index (κ1) is 32.5. The molecule has 12 nitrogen and oxygen atoms in total. The molecule has 234 valence electrons. The van der Waals surface area contributed by atoms with Crippen molar-refractivity contribution in [3.8, 4) is 5.69 Å². The zero-order chi connectivity index (χ0) is 32.2. The van der Waals surface area contributed by atoms with Crippen LogP contribution in [0.25, 0.3) is 11.8 Å². The van der Waals surface area contributed by atoms with Gasteiger partial charge in [0, 0.05) is 40.6 Å². The molecule has 1 heterocycles. The van der Waals surface area contributed by atoms with Crippen LogP contribution in [0.3, 0.4) is 0 Å². The molecular weight excluding hydrogens is 612 g/mol. The molecule has 0 aliphatic rings. The van der Waals surface area contributed by atoms with Crippen molar-refractivity contribution in [3.63, 3.8) is 0 Å². The minimum Gasteiger partial charge on any atom is -0.469 e. The highest BCUT2D eigenvalue weighted by Gasteiger charge is 2.15. The number of nitrogens with zero attached hydrogens (tertiary/aromatic N) is 4. The molecule has 0 aliphatic carbocycles. The Bertz CT molecular complexity index is 1630. The van der Waals surface area contributed by atoms with E-state index in [1.807, 2.05) is 0 Å². The van der Waals surface area contributed by atoms with E-state index in [-0.39, 0.29) is 26.0 Å². The Hall–Kier alpha value is -5.37. The van der Waals surface area contributed by atoms with Gasteiger partial charge in [-0.05, 0) is 83.1 Å². The van der Waals surface area contributed by atoms with E-state index in [1.54, 1.807) is 48.5 Å². The minimum atomic E-state index is -0.736. The van der Waals surface area contributed by atoms with Crippen molar-refractivity contribution >= 4 is 47.0 Å². The third-order valence-corrected chi connectivity index (χ3v) is 6.44. The molecule has 0 fully saturated rings. The van der Waals surface area contributed by atoms with Crippen molar-refractivity contribution in [3.05, 3.63) is 101 Å². The summed E-state index contributed by atoms with van der Waals surface area (Å²) in [5, 5.41) is 20.2. The SMILES string of the molecule is COC(=O)CCOC(=O)Nc1ccc(NCC(Cc2cc(F)cc(F)c2)NC(=O)C=Cc2cc(Cl)ccc2-n2cnnn2)cc1. The van der Waals surface area contributed by atoms with E-state index in [9.17, 15) is 23.2 Å². The maximum Gasteiger partial charge on any atom is 0.411 e. The average molecular weight is 640 g/mol. The van der Waals surface area contributed by atoms with Crippen molar-refractivity contribution in [1.82, 2.24) is 25.5 Å². The van der Waals surface area contributed by atoms with Gasteiger partial charge in [0.15, 0.2) is 0 Å². The topological polar surface area (TPSA) is 149 Å². The van der Waals surface area contributed by atoms with Gasteiger partial charge in [0.05, 0.1) is 25.3 Å². The average Bonchev–Trinajstić information content (AvgIpc) is 3.54. The van der Waals surface area contributed by atoms with Crippen molar-refractivity contribution in [1.29, 1.82) is 0 Å². The highest BCUT2D eigenvalue weighted by Crippen LogP contribution is 2.20. The van der Waals surface area contributed by atoms with Crippen LogP contribution < -0.4 is 16.0 Å². The Morgan fingerprint density at radius 1 is 1.02 bits per heavy atom. The van der Waals surface area contributed by atoms with Gasteiger partial charge < -0.3 is 20.1 Å². The molecule has 3 aromatic carbocycles. The Labute approximate surface area is 261 Å². The predicted octanol–water partition coefficient (Wildman–Crippen LogP) is 4.56. The first-order chi connectivity index (χ1) is 21.7. The predicted molar refractivity (Wildman–Crippen MR) is 162 cm³/mol. The van der Waals surface area contributed by atoms with Crippen LogP contribution in [0.1, 0.15) is 17.5 Å². The number of benzene rings is 3. The summed E-state index contributed by atoms with van der Waals surface area (Å²) in [6.07, 6.45) is 3.58. The summed E-state index contributed by atoms with van der Waals surface area (Å²) in [7, 11) is 1.24. The number of methoxy groups -OCH3 is 1. The van der Waals surface area contributed by atoms with Gasteiger partial charge in [-0.25, -0.2) is 13.6 Å². The smallest absolute Gasteiger partial charge is 0.411 e. The monoisotopic (exact) mass is 639 g/mol. The van der Waals surface area contributed by atoms with E-state index in [0.29, 0.717) is 33.2 Å². The third-order valence-electron chi connectivity index (χ3n) is 6.20. The number of ether oxygens (including phenoxy) is 2. The van der Waals surface area contributed by atoms with Crippen LogP contribution >= 0.6 is 11.6 Å². The molecule has 0 bridgehead atoms. The highest BCUT2D eigenvalue weighted by atomic mass is 35.5. The number of anilines is 2. The fraction of sp³-hybridized carbons (Fsp3) is 0.200. The van der Waals surface area contributed by atoms with Crippen molar-refractivity contribution in [2.45, 2.75) is 18.9 Å². The molecule has 3 N–H and O–H groups in total. The number of hydrogen-bond acceptors (Lipinski definition) is 9.